The molecule has 4 rings (SSSR count). The Kier molecular flexibility index (Phi) is 9.54. The first-order valence-electron chi connectivity index (χ1n) is 14.3. The predicted octanol–water partition coefficient (Wildman–Crippen LogP) is 8.59. The number of carbonyl (C=O) groups excluding carboxylic acids is 1. The SMILES string of the molecule is CCCc1cc(CCC)c(Br)c(C2(c3c(O)c(CCC)cc(CCC)c3Br)OC(=O)c3ccc(C(=O)O)cc32)c1O. The highest BCUT2D eigenvalue weighted by Gasteiger charge is 2.54. The fraction of sp³-hybridized carbons (Fsp3) is 0.394. The Labute approximate surface area is 258 Å². The maximum absolute atomic E-state index is 13.6. The minimum Gasteiger partial charge on any atom is -0.507 e. The van der Waals surface area contributed by atoms with E-state index in [9.17, 15) is 24.9 Å². The molecular weight excluding hydrogens is 652 g/mol. The smallest absolute Gasteiger partial charge is 0.340 e. The van der Waals surface area contributed by atoms with Crippen molar-refractivity contribution in [1.29, 1.82) is 0 Å². The molecule has 0 radical (unpaired) electrons. The quantitative estimate of drug-likeness (QED) is 0.175. The van der Waals surface area contributed by atoms with E-state index in [0.717, 1.165) is 36.8 Å². The number of cyclic esters (lactones) is 1. The lowest BCUT2D eigenvalue weighted by Gasteiger charge is -2.35. The fourth-order valence-corrected chi connectivity index (χ4v) is 7.45. The van der Waals surface area contributed by atoms with E-state index in [2.05, 4.69) is 45.7 Å². The molecule has 1 aliphatic rings. The largest absolute Gasteiger partial charge is 0.507 e. The maximum Gasteiger partial charge on any atom is 0.340 e. The van der Waals surface area contributed by atoms with Gasteiger partial charge in [0, 0.05) is 14.5 Å². The highest BCUT2D eigenvalue weighted by Crippen LogP contribution is 2.58. The molecule has 1 aliphatic heterocycles. The standard InChI is InChI=1S/C33H36Br2O6/c1-5-9-18-15-20(11-7-3)29(36)25(27(18)34)33(24-17-22(31(38)39)13-14-23(24)32(40)41-33)26-28(35)19(10-6-2)16-21(12-8-4)30(26)37/h13-17,36-37H,5-12H2,1-4H3,(H,38,39). The van der Waals surface area contributed by atoms with E-state index in [1.807, 2.05) is 26.0 Å². The Hall–Kier alpha value is -2.84. The first-order valence-corrected chi connectivity index (χ1v) is 15.8. The van der Waals surface area contributed by atoms with E-state index >= 15 is 0 Å². The highest BCUT2D eigenvalue weighted by atomic mass is 79.9. The Morgan fingerprint density at radius 2 is 1.20 bits per heavy atom. The topological polar surface area (TPSA) is 104 Å². The van der Waals surface area contributed by atoms with Crippen LogP contribution in [0.3, 0.4) is 0 Å². The van der Waals surface area contributed by atoms with Crippen molar-refractivity contribution in [2.75, 3.05) is 0 Å². The summed E-state index contributed by atoms with van der Waals surface area (Å²) in [7, 11) is 0. The Balaban J connectivity index is 2.29. The van der Waals surface area contributed by atoms with Crippen molar-refractivity contribution in [2.45, 2.75) is 84.7 Å². The molecule has 0 amide bonds. The Bertz CT molecular complexity index is 1380. The van der Waals surface area contributed by atoms with E-state index in [4.69, 9.17) is 4.74 Å². The molecule has 3 aromatic carbocycles. The summed E-state index contributed by atoms with van der Waals surface area (Å²) in [6.45, 7) is 8.17. The summed E-state index contributed by atoms with van der Waals surface area (Å²) >= 11 is 7.53. The van der Waals surface area contributed by atoms with Crippen molar-refractivity contribution < 1.29 is 29.6 Å². The lowest BCUT2D eigenvalue weighted by atomic mass is 9.75. The number of rotatable bonds is 11. The number of hydrogen-bond donors (Lipinski definition) is 3. The third-order valence-corrected chi connectivity index (χ3v) is 9.49. The van der Waals surface area contributed by atoms with Gasteiger partial charge < -0.3 is 20.1 Å². The number of aromatic carboxylic acids is 1. The number of phenolic OH excluding ortho intramolecular Hbond substituents is 2. The highest BCUT2D eigenvalue weighted by molar-refractivity contribution is 9.11. The van der Waals surface area contributed by atoms with Crippen LogP contribution in [0.15, 0.2) is 39.3 Å². The number of phenols is 2. The number of benzene rings is 3. The average Bonchev–Trinajstić information content (AvgIpc) is 3.22. The molecule has 0 saturated heterocycles. The van der Waals surface area contributed by atoms with Gasteiger partial charge in [0.15, 0.2) is 5.60 Å². The zero-order valence-corrected chi connectivity index (χ0v) is 27.0. The number of aryl methyl sites for hydroxylation is 4. The van der Waals surface area contributed by atoms with Crippen LogP contribution in [0, 0.1) is 0 Å². The van der Waals surface area contributed by atoms with Crippen LogP contribution in [0.1, 0.15) is 113 Å². The van der Waals surface area contributed by atoms with Crippen LogP contribution >= 0.6 is 31.9 Å². The summed E-state index contributed by atoms with van der Waals surface area (Å²) in [5.74, 6) is -1.93. The number of ether oxygens (including phenoxy) is 1. The van der Waals surface area contributed by atoms with Gasteiger partial charge in [-0.2, -0.15) is 0 Å². The van der Waals surface area contributed by atoms with Gasteiger partial charge in [-0.05, 0) is 98.0 Å². The van der Waals surface area contributed by atoms with Crippen molar-refractivity contribution in [3.05, 3.63) is 89.3 Å². The molecule has 0 aliphatic carbocycles. The molecule has 6 nitrogen and oxygen atoms in total. The first kappa shape index (κ1) is 31.1. The molecule has 0 atom stereocenters. The van der Waals surface area contributed by atoms with E-state index in [-0.39, 0.29) is 39.3 Å². The normalized spacial score (nSPS) is 13.8. The molecule has 0 unspecified atom stereocenters. The van der Waals surface area contributed by atoms with Gasteiger partial charge in [0.1, 0.15) is 11.5 Å². The van der Waals surface area contributed by atoms with E-state index < -0.39 is 17.5 Å². The Morgan fingerprint density at radius 3 is 1.61 bits per heavy atom. The van der Waals surface area contributed by atoms with Crippen LogP contribution < -0.4 is 0 Å². The molecular formula is C33H36Br2O6. The number of carbonyl (C=O) groups is 2. The van der Waals surface area contributed by atoms with Gasteiger partial charge in [0.05, 0.1) is 22.3 Å². The van der Waals surface area contributed by atoms with Gasteiger partial charge >= 0.3 is 11.9 Å². The second kappa shape index (κ2) is 12.6. The number of fused-ring (bicyclic) bond motifs is 1. The second-order valence-electron chi connectivity index (χ2n) is 10.6. The van der Waals surface area contributed by atoms with Crippen LogP contribution in [0.2, 0.25) is 0 Å². The molecule has 8 heteroatoms. The number of hydrogen-bond acceptors (Lipinski definition) is 5. The average molecular weight is 688 g/mol. The molecule has 0 fully saturated rings. The van der Waals surface area contributed by atoms with Gasteiger partial charge in [-0.15, -0.1) is 0 Å². The molecule has 0 aromatic heterocycles. The fourth-order valence-electron chi connectivity index (χ4n) is 5.89. The maximum atomic E-state index is 13.6. The molecule has 3 aromatic rings. The number of esters is 1. The van der Waals surface area contributed by atoms with E-state index in [1.54, 1.807) is 0 Å². The van der Waals surface area contributed by atoms with Gasteiger partial charge in [-0.3, -0.25) is 0 Å². The summed E-state index contributed by atoms with van der Waals surface area (Å²) in [6.07, 6.45) is 5.77. The van der Waals surface area contributed by atoms with E-state index in [0.29, 0.717) is 45.8 Å². The summed E-state index contributed by atoms with van der Waals surface area (Å²) in [5.41, 5.74) is 2.40. The number of aromatic hydroxyl groups is 2. The third-order valence-electron chi connectivity index (χ3n) is 7.67. The number of halogens is 2. The summed E-state index contributed by atoms with van der Waals surface area (Å²) in [4.78, 5) is 25.8. The van der Waals surface area contributed by atoms with Crippen LogP contribution in [0.25, 0.3) is 0 Å². The van der Waals surface area contributed by atoms with Crippen LogP contribution in [-0.2, 0) is 36.0 Å². The van der Waals surface area contributed by atoms with Crippen molar-refractivity contribution in [3.63, 3.8) is 0 Å². The minimum absolute atomic E-state index is 0.0327. The third kappa shape index (κ3) is 5.29. The predicted molar refractivity (Wildman–Crippen MR) is 166 cm³/mol. The van der Waals surface area contributed by atoms with Crippen molar-refractivity contribution >= 4 is 43.8 Å². The molecule has 1 heterocycles. The first-order chi connectivity index (χ1) is 19.6. The minimum atomic E-state index is -1.83. The van der Waals surface area contributed by atoms with Crippen molar-refractivity contribution in [3.8, 4) is 11.5 Å². The monoisotopic (exact) mass is 686 g/mol. The van der Waals surface area contributed by atoms with Crippen LogP contribution in [-0.4, -0.2) is 27.3 Å². The molecule has 41 heavy (non-hydrogen) atoms. The van der Waals surface area contributed by atoms with Crippen molar-refractivity contribution in [1.82, 2.24) is 0 Å². The lowest BCUT2D eigenvalue weighted by Crippen LogP contribution is -2.32. The molecule has 0 saturated carbocycles. The second-order valence-corrected chi connectivity index (χ2v) is 12.2. The van der Waals surface area contributed by atoms with Gasteiger partial charge in [-0.1, -0.05) is 65.5 Å². The summed E-state index contributed by atoms with van der Waals surface area (Å²) in [5, 5.41) is 33.9. The molecule has 218 valence electrons. The van der Waals surface area contributed by atoms with Gasteiger partial charge in [-0.25, -0.2) is 9.59 Å². The molecule has 0 spiro atoms. The van der Waals surface area contributed by atoms with Gasteiger partial charge in [0.25, 0.3) is 0 Å². The molecule has 0 bridgehead atoms. The van der Waals surface area contributed by atoms with Crippen LogP contribution in [0.5, 0.6) is 11.5 Å². The van der Waals surface area contributed by atoms with Crippen LogP contribution in [0.4, 0.5) is 0 Å². The van der Waals surface area contributed by atoms with E-state index in [1.165, 1.54) is 18.2 Å². The summed E-state index contributed by atoms with van der Waals surface area (Å²) < 4.78 is 7.49. The zero-order chi connectivity index (χ0) is 30.1. The lowest BCUT2D eigenvalue weighted by molar-refractivity contribution is 0.0234. The number of carboxylic acids is 1. The Morgan fingerprint density at radius 1 is 0.756 bits per heavy atom. The van der Waals surface area contributed by atoms with Gasteiger partial charge in [0.2, 0.25) is 0 Å². The molecule has 3 N–H and O–H groups in total. The summed E-state index contributed by atoms with van der Waals surface area (Å²) in [6, 6.07) is 8.19. The van der Waals surface area contributed by atoms with Crippen molar-refractivity contribution in [2.24, 2.45) is 0 Å². The number of carboxylic acid groups (broad SMARTS) is 1. The zero-order valence-electron chi connectivity index (χ0n) is 23.9.